The number of hydrogen-bond donors (Lipinski definition) is 1. The van der Waals surface area contributed by atoms with Crippen LogP contribution in [-0.2, 0) is 9.59 Å². The number of carbonyl (C=O) groups excluding carboxylic acids is 2. The summed E-state index contributed by atoms with van der Waals surface area (Å²) in [5.74, 6) is -0.721. The lowest BCUT2D eigenvalue weighted by molar-refractivity contribution is -0.125. The average molecular weight is 216 g/mol. The van der Waals surface area contributed by atoms with Crippen molar-refractivity contribution in [2.45, 2.75) is 12.1 Å². The van der Waals surface area contributed by atoms with Crippen molar-refractivity contribution in [1.29, 1.82) is 0 Å². The zero-order chi connectivity index (χ0) is 11.1. The Labute approximate surface area is 90.9 Å². The van der Waals surface area contributed by atoms with Crippen molar-refractivity contribution in [1.82, 2.24) is 5.32 Å². The quantitative estimate of drug-likeness (QED) is 0.684. The predicted octanol–water partition coefficient (Wildman–Crippen LogP) is 0.267. The van der Waals surface area contributed by atoms with Gasteiger partial charge in [0.1, 0.15) is 0 Å². The number of carbonyl (C=O) groups is 2. The van der Waals surface area contributed by atoms with E-state index < -0.39 is 12.1 Å². The van der Waals surface area contributed by atoms with Crippen LogP contribution in [-0.4, -0.2) is 23.9 Å². The molecule has 1 fully saturated rings. The number of fused-ring (bicyclic) bond motifs is 1. The first-order valence-corrected chi connectivity index (χ1v) is 4.87. The SMILES string of the molecule is O=C1NC(=O)[C@@H]2[C@@H]1N=NN2c1ccccc1. The normalized spacial score (nSPS) is 27.1. The van der Waals surface area contributed by atoms with Crippen LogP contribution in [0, 0.1) is 0 Å². The molecular formula is C10H8N4O2. The first-order chi connectivity index (χ1) is 7.77. The minimum absolute atomic E-state index is 0.344. The van der Waals surface area contributed by atoms with Gasteiger partial charge in [0.15, 0.2) is 12.1 Å². The van der Waals surface area contributed by atoms with Crippen molar-refractivity contribution in [2.24, 2.45) is 10.3 Å². The molecule has 0 aromatic heterocycles. The molecule has 6 nitrogen and oxygen atoms in total. The summed E-state index contributed by atoms with van der Waals surface area (Å²) in [6.07, 6.45) is 0. The van der Waals surface area contributed by atoms with E-state index in [-0.39, 0.29) is 11.8 Å². The highest BCUT2D eigenvalue weighted by atomic mass is 16.2. The predicted molar refractivity (Wildman–Crippen MR) is 54.5 cm³/mol. The molecular weight excluding hydrogens is 208 g/mol. The standard InChI is InChI=1S/C10H8N4O2/c15-9-7-8(10(16)11-9)14(13-12-7)6-4-2-1-3-5-6/h1-5,7-8H,(H,11,15,16)/t7-,8-/m0/s1. The van der Waals surface area contributed by atoms with Crippen molar-refractivity contribution >= 4 is 17.5 Å². The number of para-hydroxylation sites is 1. The molecule has 0 bridgehead atoms. The lowest BCUT2D eigenvalue weighted by atomic mass is 10.1. The van der Waals surface area contributed by atoms with E-state index in [1.165, 1.54) is 5.01 Å². The Morgan fingerprint density at radius 1 is 1.12 bits per heavy atom. The Kier molecular flexibility index (Phi) is 1.76. The van der Waals surface area contributed by atoms with Crippen LogP contribution in [0.3, 0.4) is 0 Å². The molecule has 2 amide bonds. The van der Waals surface area contributed by atoms with E-state index in [0.29, 0.717) is 0 Å². The smallest absolute Gasteiger partial charge is 0.256 e. The molecule has 0 radical (unpaired) electrons. The first kappa shape index (κ1) is 9.02. The van der Waals surface area contributed by atoms with Crippen molar-refractivity contribution in [3.8, 4) is 0 Å². The van der Waals surface area contributed by atoms with Gasteiger partial charge in [0.2, 0.25) is 0 Å². The molecule has 0 unspecified atom stereocenters. The number of rotatable bonds is 1. The maximum atomic E-state index is 11.6. The number of nitrogens with zero attached hydrogens (tertiary/aromatic N) is 3. The lowest BCUT2D eigenvalue weighted by Crippen LogP contribution is -2.38. The van der Waals surface area contributed by atoms with Gasteiger partial charge in [-0.3, -0.25) is 14.9 Å². The van der Waals surface area contributed by atoms with Crippen molar-refractivity contribution < 1.29 is 9.59 Å². The van der Waals surface area contributed by atoms with Crippen molar-refractivity contribution in [2.75, 3.05) is 5.01 Å². The van der Waals surface area contributed by atoms with Crippen LogP contribution in [0.4, 0.5) is 5.69 Å². The van der Waals surface area contributed by atoms with E-state index in [4.69, 9.17) is 0 Å². The van der Waals surface area contributed by atoms with Crippen LogP contribution < -0.4 is 10.3 Å². The molecule has 0 saturated carbocycles. The summed E-state index contributed by atoms with van der Waals surface area (Å²) in [6.45, 7) is 0. The molecule has 1 saturated heterocycles. The molecule has 2 aliphatic heterocycles. The topological polar surface area (TPSA) is 74.1 Å². The third-order valence-corrected chi connectivity index (χ3v) is 2.64. The Morgan fingerprint density at radius 3 is 2.62 bits per heavy atom. The highest BCUT2D eigenvalue weighted by Crippen LogP contribution is 2.28. The Hall–Kier alpha value is -2.24. The Morgan fingerprint density at radius 2 is 1.88 bits per heavy atom. The second kappa shape index (κ2) is 3.13. The van der Waals surface area contributed by atoms with Crippen LogP contribution >= 0.6 is 0 Å². The Balaban J connectivity index is 1.98. The van der Waals surface area contributed by atoms with Gasteiger partial charge in [0.05, 0.1) is 5.69 Å². The fourth-order valence-electron chi connectivity index (χ4n) is 1.88. The van der Waals surface area contributed by atoms with Gasteiger partial charge >= 0.3 is 0 Å². The molecule has 1 aromatic rings. The van der Waals surface area contributed by atoms with E-state index in [1.54, 1.807) is 0 Å². The second-order valence-electron chi connectivity index (χ2n) is 3.63. The summed E-state index contributed by atoms with van der Waals surface area (Å²) in [7, 11) is 0. The average Bonchev–Trinajstić information content (AvgIpc) is 2.84. The fourth-order valence-corrected chi connectivity index (χ4v) is 1.88. The van der Waals surface area contributed by atoms with Gasteiger partial charge in [-0.15, -0.1) is 0 Å². The third-order valence-electron chi connectivity index (χ3n) is 2.64. The van der Waals surface area contributed by atoms with E-state index in [9.17, 15) is 9.59 Å². The number of anilines is 1. The molecule has 0 aliphatic carbocycles. The van der Waals surface area contributed by atoms with Crippen LogP contribution in [0.1, 0.15) is 0 Å². The van der Waals surface area contributed by atoms with Gasteiger partial charge < -0.3 is 0 Å². The number of imide groups is 1. The largest absolute Gasteiger partial charge is 0.292 e. The molecule has 1 N–H and O–H groups in total. The molecule has 2 atom stereocenters. The summed E-state index contributed by atoms with van der Waals surface area (Å²) in [5.41, 5.74) is 0.753. The van der Waals surface area contributed by atoms with E-state index >= 15 is 0 Å². The molecule has 2 aliphatic rings. The number of hydrogen-bond acceptors (Lipinski definition) is 5. The van der Waals surface area contributed by atoms with Crippen LogP contribution in [0.15, 0.2) is 40.7 Å². The molecule has 0 spiro atoms. The number of benzene rings is 1. The third kappa shape index (κ3) is 1.13. The minimum Gasteiger partial charge on any atom is -0.292 e. The fraction of sp³-hybridized carbons (Fsp3) is 0.200. The summed E-state index contributed by atoms with van der Waals surface area (Å²) in [5, 5.41) is 11.4. The maximum absolute atomic E-state index is 11.6. The molecule has 2 heterocycles. The molecule has 1 aromatic carbocycles. The van der Waals surface area contributed by atoms with Gasteiger partial charge in [0.25, 0.3) is 11.8 Å². The lowest BCUT2D eigenvalue weighted by Gasteiger charge is -2.17. The summed E-state index contributed by atoms with van der Waals surface area (Å²) in [6, 6.07) is 7.85. The minimum atomic E-state index is -0.701. The highest BCUT2D eigenvalue weighted by Gasteiger charge is 2.49. The first-order valence-electron chi connectivity index (χ1n) is 4.87. The van der Waals surface area contributed by atoms with Gasteiger partial charge in [0, 0.05) is 0 Å². The summed E-state index contributed by atoms with van der Waals surface area (Å²) >= 11 is 0. The zero-order valence-electron chi connectivity index (χ0n) is 8.20. The molecule has 3 rings (SSSR count). The van der Waals surface area contributed by atoms with E-state index in [2.05, 4.69) is 15.7 Å². The second-order valence-corrected chi connectivity index (χ2v) is 3.63. The Bertz CT molecular complexity index is 485. The maximum Gasteiger partial charge on any atom is 0.256 e. The van der Waals surface area contributed by atoms with E-state index in [1.807, 2.05) is 30.3 Å². The highest BCUT2D eigenvalue weighted by molar-refractivity contribution is 6.11. The molecule has 6 heteroatoms. The van der Waals surface area contributed by atoms with Crippen molar-refractivity contribution in [3.05, 3.63) is 30.3 Å². The van der Waals surface area contributed by atoms with Gasteiger partial charge in [-0.1, -0.05) is 23.4 Å². The van der Waals surface area contributed by atoms with Crippen LogP contribution in [0.5, 0.6) is 0 Å². The number of amides is 2. The van der Waals surface area contributed by atoms with E-state index in [0.717, 1.165) is 5.69 Å². The van der Waals surface area contributed by atoms with Gasteiger partial charge in [-0.25, -0.2) is 5.01 Å². The van der Waals surface area contributed by atoms with Gasteiger partial charge in [-0.2, -0.15) is 5.11 Å². The summed E-state index contributed by atoms with van der Waals surface area (Å²) in [4.78, 5) is 22.9. The zero-order valence-corrected chi connectivity index (χ0v) is 8.20. The molecule has 16 heavy (non-hydrogen) atoms. The van der Waals surface area contributed by atoms with Crippen molar-refractivity contribution in [3.63, 3.8) is 0 Å². The summed E-state index contributed by atoms with van der Waals surface area (Å²) < 4.78 is 0. The van der Waals surface area contributed by atoms with Gasteiger partial charge in [-0.05, 0) is 12.1 Å². The van der Waals surface area contributed by atoms with Crippen LogP contribution in [0.25, 0.3) is 0 Å². The monoisotopic (exact) mass is 216 g/mol. The number of nitrogens with one attached hydrogen (secondary N) is 1. The molecule has 80 valence electrons. The van der Waals surface area contributed by atoms with Crippen LogP contribution in [0.2, 0.25) is 0 Å².